The summed E-state index contributed by atoms with van der Waals surface area (Å²) in [5.41, 5.74) is 5.29. The van der Waals surface area contributed by atoms with Gasteiger partial charge in [0.2, 0.25) is 0 Å². The molecule has 2 aromatic carbocycles. The number of hydrogen-bond donors (Lipinski definition) is 1. The van der Waals surface area contributed by atoms with E-state index in [1.807, 2.05) is 49.4 Å². The fraction of sp³-hybridized carbons (Fsp3) is 0.333. The fourth-order valence-corrected chi connectivity index (χ4v) is 2.13. The lowest BCUT2D eigenvalue weighted by atomic mass is 9.91. The van der Waals surface area contributed by atoms with E-state index in [-0.39, 0.29) is 6.54 Å². The predicted octanol–water partition coefficient (Wildman–Crippen LogP) is 3.46. The van der Waals surface area contributed by atoms with E-state index >= 15 is 0 Å². The lowest BCUT2D eigenvalue weighted by Gasteiger charge is -2.22. The van der Waals surface area contributed by atoms with E-state index in [0.717, 1.165) is 16.3 Å². The van der Waals surface area contributed by atoms with Crippen molar-refractivity contribution < 1.29 is 4.39 Å². The first-order valence-electron chi connectivity index (χ1n) is 6.04. The van der Waals surface area contributed by atoms with E-state index in [2.05, 4.69) is 0 Å². The van der Waals surface area contributed by atoms with E-state index in [4.69, 9.17) is 5.73 Å². The van der Waals surface area contributed by atoms with Crippen LogP contribution in [-0.4, -0.2) is 12.2 Å². The summed E-state index contributed by atoms with van der Waals surface area (Å²) in [4.78, 5) is 0. The normalized spacial score (nSPS) is 14.8. The first-order chi connectivity index (χ1) is 8.18. The average Bonchev–Trinajstić information content (AvgIpc) is 2.39. The Kier molecular flexibility index (Phi) is 3.43. The second kappa shape index (κ2) is 4.84. The number of hydrogen-bond acceptors (Lipinski definition) is 1. The van der Waals surface area contributed by atoms with Crippen LogP contribution in [0.4, 0.5) is 4.39 Å². The number of rotatable bonds is 4. The van der Waals surface area contributed by atoms with E-state index in [1.54, 1.807) is 0 Å². The number of halogens is 1. The van der Waals surface area contributed by atoms with Crippen LogP contribution in [0.2, 0.25) is 0 Å². The molecule has 0 aliphatic heterocycles. The minimum atomic E-state index is -1.29. The Morgan fingerprint density at radius 3 is 2.53 bits per heavy atom. The monoisotopic (exact) mass is 231 g/mol. The summed E-state index contributed by atoms with van der Waals surface area (Å²) in [6.07, 6.45) is 0.841. The highest BCUT2D eigenvalue weighted by Crippen LogP contribution is 2.26. The average molecular weight is 231 g/mol. The van der Waals surface area contributed by atoms with Crippen LogP contribution in [-0.2, 0) is 6.42 Å². The highest BCUT2D eigenvalue weighted by atomic mass is 19.1. The molecule has 1 unspecified atom stereocenters. The standard InChI is InChI=1S/C15H18FN/c1-2-15(16,11-17)10-13-8-5-7-12-6-3-4-9-14(12)13/h3-9H,2,10-11,17H2,1H3. The smallest absolute Gasteiger partial charge is 0.127 e. The molecule has 1 atom stereocenters. The Balaban J connectivity index is 2.42. The lowest BCUT2D eigenvalue weighted by molar-refractivity contribution is 0.168. The third kappa shape index (κ3) is 2.47. The third-order valence-corrected chi connectivity index (χ3v) is 3.39. The molecule has 90 valence electrons. The van der Waals surface area contributed by atoms with Crippen molar-refractivity contribution in [2.24, 2.45) is 5.73 Å². The Hall–Kier alpha value is -1.41. The van der Waals surface area contributed by atoms with Gasteiger partial charge in [-0.3, -0.25) is 0 Å². The molecule has 0 aliphatic rings. The van der Waals surface area contributed by atoms with Crippen LogP contribution in [0.25, 0.3) is 10.8 Å². The highest BCUT2D eigenvalue weighted by molar-refractivity contribution is 5.85. The van der Waals surface area contributed by atoms with Crippen molar-refractivity contribution in [2.45, 2.75) is 25.4 Å². The summed E-state index contributed by atoms with van der Waals surface area (Å²) in [5.74, 6) is 0. The van der Waals surface area contributed by atoms with Crippen LogP contribution in [0.3, 0.4) is 0 Å². The van der Waals surface area contributed by atoms with Gasteiger partial charge < -0.3 is 5.73 Å². The predicted molar refractivity (Wildman–Crippen MR) is 70.8 cm³/mol. The summed E-state index contributed by atoms with van der Waals surface area (Å²) in [5, 5.41) is 2.28. The van der Waals surface area contributed by atoms with Gasteiger partial charge in [0.1, 0.15) is 5.67 Å². The van der Waals surface area contributed by atoms with E-state index in [1.165, 1.54) is 0 Å². The molecule has 0 amide bonds. The zero-order chi connectivity index (χ0) is 12.3. The summed E-state index contributed by atoms with van der Waals surface area (Å²) in [6.45, 7) is 1.92. The van der Waals surface area contributed by atoms with Gasteiger partial charge in [-0.05, 0) is 22.8 Å². The van der Waals surface area contributed by atoms with Crippen molar-refractivity contribution in [3.63, 3.8) is 0 Å². The van der Waals surface area contributed by atoms with E-state index in [9.17, 15) is 4.39 Å². The Morgan fingerprint density at radius 1 is 1.12 bits per heavy atom. The van der Waals surface area contributed by atoms with Crippen molar-refractivity contribution in [3.8, 4) is 0 Å². The molecule has 0 heterocycles. The molecule has 2 heteroatoms. The quantitative estimate of drug-likeness (QED) is 0.856. The van der Waals surface area contributed by atoms with Gasteiger partial charge in [0.15, 0.2) is 0 Å². The zero-order valence-corrected chi connectivity index (χ0v) is 10.1. The number of benzene rings is 2. The Bertz CT molecular complexity index is 498. The van der Waals surface area contributed by atoms with Crippen molar-refractivity contribution in [2.75, 3.05) is 6.54 Å². The summed E-state index contributed by atoms with van der Waals surface area (Å²) in [6, 6.07) is 14.1. The summed E-state index contributed by atoms with van der Waals surface area (Å²) < 4.78 is 14.3. The van der Waals surface area contributed by atoms with Gasteiger partial charge in [-0.2, -0.15) is 0 Å². The molecule has 2 aromatic rings. The largest absolute Gasteiger partial charge is 0.328 e. The molecular weight excluding hydrogens is 213 g/mol. The van der Waals surface area contributed by atoms with Gasteiger partial charge in [-0.1, -0.05) is 49.4 Å². The number of nitrogens with two attached hydrogens (primary N) is 1. The third-order valence-electron chi connectivity index (χ3n) is 3.39. The molecule has 0 radical (unpaired) electrons. The molecule has 0 aliphatic carbocycles. The van der Waals surface area contributed by atoms with Crippen LogP contribution >= 0.6 is 0 Å². The van der Waals surface area contributed by atoms with Crippen LogP contribution in [0.1, 0.15) is 18.9 Å². The van der Waals surface area contributed by atoms with Crippen molar-refractivity contribution in [3.05, 3.63) is 48.0 Å². The maximum atomic E-state index is 14.3. The van der Waals surface area contributed by atoms with Gasteiger partial charge >= 0.3 is 0 Å². The molecule has 17 heavy (non-hydrogen) atoms. The minimum Gasteiger partial charge on any atom is -0.328 e. The molecule has 2 N–H and O–H groups in total. The van der Waals surface area contributed by atoms with Crippen LogP contribution in [0, 0.1) is 0 Å². The maximum absolute atomic E-state index is 14.3. The van der Waals surface area contributed by atoms with Crippen molar-refractivity contribution in [1.82, 2.24) is 0 Å². The van der Waals surface area contributed by atoms with Crippen LogP contribution < -0.4 is 5.73 Å². The van der Waals surface area contributed by atoms with Gasteiger partial charge in [0.25, 0.3) is 0 Å². The zero-order valence-electron chi connectivity index (χ0n) is 10.1. The number of fused-ring (bicyclic) bond motifs is 1. The van der Waals surface area contributed by atoms with Gasteiger partial charge in [-0.15, -0.1) is 0 Å². The van der Waals surface area contributed by atoms with Crippen molar-refractivity contribution >= 4 is 10.8 Å². The second-order valence-electron chi connectivity index (χ2n) is 4.52. The minimum absolute atomic E-state index is 0.0761. The molecule has 0 aromatic heterocycles. The molecule has 0 saturated heterocycles. The van der Waals surface area contributed by atoms with Gasteiger partial charge in [-0.25, -0.2) is 4.39 Å². The number of alkyl halides is 1. The maximum Gasteiger partial charge on any atom is 0.127 e. The molecule has 1 nitrogen and oxygen atoms in total. The molecule has 2 rings (SSSR count). The van der Waals surface area contributed by atoms with Crippen LogP contribution in [0.15, 0.2) is 42.5 Å². The summed E-state index contributed by atoms with van der Waals surface area (Å²) >= 11 is 0. The van der Waals surface area contributed by atoms with Gasteiger partial charge in [0, 0.05) is 13.0 Å². The first-order valence-corrected chi connectivity index (χ1v) is 6.04. The molecule has 0 fully saturated rings. The first kappa shape index (κ1) is 12.1. The van der Waals surface area contributed by atoms with Crippen LogP contribution in [0.5, 0.6) is 0 Å². The molecule has 0 bridgehead atoms. The second-order valence-corrected chi connectivity index (χ2v) is 4.52. The van der Waals surface area contributed by atoms with E-state index < -0.39 is 5.67 Å². The SMILES string of the molecule is CCC(F)(CN)Cc1cccc2ccccc12. The topological polar surface area (TPSA) is 26.0 Å². The molecular formula is C15H18FN. The fourth-order valence-electron chi connectivity index (χ4n) is 2.13. The molecule has 0 spiro atoms. The van der Waals surface area contributed by atoms with Crippen molar-refractivity contribution in [1.29, 1.82) is 0 Å². The Morgan fingerprint density at radius 2 is 1.82 bits per heavy atom. The lowest BCUT2D eigenvalue weighted by Crippen LogP contribution is -2.34. The summed E-state index contributed by atoms with van der Waals surface area (Å²) in [7, 11) is 0. The molecule has 0 saturated carbocycles. The van der Waals surface area contributed by atoms with E-state index in [0.29, 0.717) is 12.8 Å². The Labute approximate surface area is 101 Å². The van der Waals surface area contributed by atoms with Gasteiger partial charge in [0.05, 0.1) is 0 Å². The highest BCUT2D eigenvalue weighted by Gasteiger charge is 2.26.